The van der Waals surface area contributed by atoms with Gasteiger partial charge in [0.1, 0.15) is 0 Å². The number of anilines is 2. The second-order valence-electron chi connectivity index (χ2n) is 6.22. The molecule has 136 valence electrons. The number of hydrogen-bond donors (Lipinski definition) is 2. The first kappa shape index (κ1) is 18.8. The highest BCUT2D eigenvalue weighted by molar-refractivity contribution is 9.10. The number of para-hydroxylation sites is 2. The fraction of sp³-hybridized carbons (Fsp3) is 0.263. The molecule has 1 amide bonds. The van der Waals surface area contributed by atoms with Crippen molar-refractivity contribution >= 4 is 50.5 Å². The average Bonchev–Trinajstić information content (AvgIpc) is 2.63. The van der Waals surface area contributed by atoms with Crippen molar-refractivity contribution < 1.29 is 4.79 Å². The smallest absolute Gasteiger partial charge is 0.257 e. The molecular formula is C19H21BrN4OS. The zero-order valence-corrected chi connectivity index (χ0v) is 16.9. The number of carbonyl (C=O) groups is 1. The fourth-order valence-electron chi connectivity index (χ4n) is 2.83. The maximum absolute atomic E-state index is 12.3. The van der Waals surface area contributed by atoms with Crippen molar-refractivity contribution in [2.45, 2.75) is 0 Å². The summed E-state index contributed by atoms with van der Waals surface area (Å²) in [7, 11) is 2.13. The quantitative estimate of drug-likeness (QED) is 0.728. The number of nitrogens with zero attached hydrogens (tertiary/aromatic N) is 2. The maximum atomic E-state index is 12.3. The van der Waals surface area contributed by atoms with Gasteiger partial charge in [-0.05, 0) is 55.7 Å². The number of hydrogen-bond acceptors (Lipinski definition) is 4. The van der Waals surface area contributed by atoms with E-state index in [0.29, 0.717) is 10.7 Å². The summed E-state index contributed by atoms with van der Waals surface area (Å²) in [4.78, 5) is 17.0. The van der Waals surface area contributed by atoms with Crippen LogP contribution in [-0.4, -0.2) is 49.1 Å². The van der Waals surface area contributed by atoms with Gasteiger partial charge in [0, 0.05) is 36.2 Å². The number of rotatable bonds is 3. The van der Waals surface area contributed by atoms with E-state index in [-0.39, 0.29) is 5.91 Å². The molecule has 1 fully saturated rings. The van der Waals surface area contributed by atoms with Crippen molar-refractivity contribution in [3.63, 3.8) is 0 Å². The third kappa shape index (κ3) is 4.81. The van der Waals surface area contributed by atoms with E-state index in [0.717, 1.165) is 42.0 Å². The summed E-state index contributed by atoms with van der Waals surface area (Å²) in [5.41, 5.74) is 2.56. The summed E-state index contributed by atoms with van der Waals surface area (Å²) in [6.45, 7) is 3.98. The SMILES string of the molecule is CN1CCN(c2ccccc2NC(=S)NC(=O)c2ccc(Br)cc2)CC1. The molecule has 5 nitrogen and oxygen atoms in total. The number of nitrogens with one attached hydrogen (secondary N) is 2. The molecule has 2 aromatic carbocycles. The van der Waals surface area contributed by atoms with E-state index in [1.54, 1.807) is 12.1 Å². The molecule has 0 radical (unpaired) electrons. The molecule has 7 heteroatoms. The van der Waals surface area contributed by atoms with Crippen LogP contribution in [0, 0.1) is 0 Å². The molecule has 26 heavy (non-hydrogen) atoms. The van der Waals surface area contributed by atoms with Crippen molar-refractivity contribution in [2.75, 3.05) is 43.4 Å². The lowest BCUT2D eigenvalue weighted by atomic mass is 10.2. The van der Waals surface area contributed by atoms with Crippen molar-refractivity contribution in [1.29, 1.82) is 0 Å². The van der Waals surface area contributed by atoms with Crippen molar-refractivity contribution in [2.24, 2.45) is 0 Å². The minimum Gasteiger partial charge on any atom is -0.367 e. The van der Waals surface area contributed by atoms with E-state index in [2.05, 4.69) is 49.5 Å². The predicted octanol–water partition coefficient (Wildman–Crippen LogP) is 3.33. The summed E-state index contributed by atoms with van der Waals surface area (Å²) in [5.74, 6) is -0.230. The number of amides is 1. The monoisotopic (exact) mass is 432 g/mol. The average molecular weight is 433 g/mol. The summed E-state index contributed by atoms with van der Waals surface area (Å²) in [6.07, 6.45) is 0. The van der Waals surface area contributed by atoms with Crippen LogP contribution in [0.4, 0.5) is 11.4 Å². The lowest BCUT2D eigenvalue weighted by Crippen LogP contribution is -2.45. The van der Waals surface area contributed by atoms with Crippen LogP contribution >= 0.6 is 28.1 Å². The molecule has 0 bridgehead atoms. The summed E-state index contributed by atoms with van der Waals surface area (Å²) >= 11 is 8.70. The number of thiocarbonyl (C=S) groups is 1. The molecule has 0 aliphatic carbocycles. The van der Waals surface area contributed by atoms with Crippen molar-refractivity contribution in [1.82, 2.24) is 10.2 Å². The van der Waals surface area contributed by atoms with Gasteiger partial charge in [-0.3, -0.25) is 10.1 Å². The van der Waals surface area contributed by atoms with Crippen LogP contribution in [0.15, 0.2) is 53.0 Å². The molecule has 1 aliphatic heterocycles. The van der Waals surface area contributed by atoms with Gasteiger partial charge in [0.25, 0.3) is 5.91 Å². The third-order valence-electron chi connectivity index (χ3n) is 4.33. The number of benzene rings is 2. The Balaban J connectivity index is 1.66. The van der Waals surface area contributed by atoms with Crippen LogP contribution in [0.5, 0.6) is 0 Å². The van der Waals surface area contributed by atoms with E-state index in [9.17, 15) is 4.79 Å². The molecule has 2 aromatic rings. The second-order valence-corrected chi connectivity index (χ2v) is 7.55. The number of halogens is 1. The summed E-state index contributed by atoms with van der Waals surface area (Å²) < 4.78 is 0.927. The van der Waals surface area contributed by atoms with E-state index in [4.69, 9.17) is 12.2 Å². The highest BCUT2D eigenvalue weighted by Gasteiger charge is 2.17. The molecule has 2 N–H and O–H groups in total. The summed E-state index contributed by atoms with van der Waals surface area (Å²) in [5, 5.41) is 6.20. The molecule has 0 aromatic heterocycles. The Kier molecular flexibility index (Phi) is 6.24. The van der Waals surface area contributed by atoms with Crippen LogP contribution in [0.25, 0.3) is 0 Å². The predicted molar refractivity (Wildman–Crippen MR) is 114 cm³/mol. The Bertz CT molecular complexity index is 788. The molecule has 3 rings (SSSR count). The molecule has 1 saturated heterocycles. The topological polar surface area (TPSA) is 47.6 Å². The van der Waals surface area contributed by atoms with Crippen LogP contribution in [0.1, 0.15) is 10.4 Å². The fourth-order valence-corrected chi connectivity index (χ4v) is 3.30. The van der Waals surface area contributed by atoms with Gasteiger partial charge in [-0.25, -0.2) is 0 Å². The largest absolute Gasteiger partial charge is 0.367 e. The zero-order chi connectivity index (χ0) is 18.5. The van der Waals surface area contributed by atoms with Crippen molar-refractivity contribution in [3.8, 4) is 0 Å². The van der Waals surface area contributed by atoms with Gasteiger partial charge in [-0.15, -0.1) is 0 Å². The zero-order valence-electron chi connectivity index (χ0n) is 14.5. The van der Waals surface area contributed by atoms with Gasteiger partial charge in [0.15, 0.2) is 5.11 Å². The van der Waals surface area contributed by atoms with Gasteiger partial charge in [-0.1, -0.05) is 28.1 Å². The Morgan fingerprint density at radius 3 is 2.38 bits per heavy atom. The molecule has 0 unspecified atom stereocenters. The lowest BCUT2D eigenvalue weighted by Gasteiger charge is -2.35. The van der Waals surface area contributed by atoms with Crippen molar-refractivity contribution in [3.05, 3.63) is 58.6 Å². The molecule has 1 heterocycles. The Morgan fingerprint density at radius 2 is 1.69 bits per heavy atom. The Hall–Kier alpha value is -1.96. The molecule has 0 spiro atoms. The normalized spacial score (nSPS) is 14.8. The first-order valence-electron chi connectivity index (χ1n) is 8.43. The van der Waals surface area contributed by atoms with Gasteiger partial charge < -0.3 is 15.1 Å². The van der Waals surface area contributed by atoms with E-state index in [1.807, 2.05) is 30.3 Å². The molecule has 0 atom stereocenters. The first-order chi connectivity index (χ1) is 12.5. The highest BCUT2D eigenvalue weighted by atomic mass is 79.9. The minimum atomic E-state index is -0.230. The summed E-state index contributed by atoms with van der Waals surface area (Å²) in [6, 6.07) is 15.2. The number of piperazine rings is 1. The molecule has 0 saturated carbocycles. The van der Waals surface area contributed by atoms with Gasteiger partial charge >= 0.3 is 0 Å². The first-order valence-corrected chi connectivity index (χ1v) is 9.63. The van der Waals surface area contributed by atoms with Gasteiger partial charge in [0.05, 0.1) is 11.4 Å². The number of carbonyl (C=O) groups excluding carboxylic acids is 1. The molecule has 1 aliphatic rings. The van der Waals surface area contributed by atoms with E-state index in [1.165, 1.54) is 0 Å². The van der Waals surface area contributed by atoms with E-state index >= 15 is 0 Å². The lowest BCUT2D eigenvalue weighted by molar-refractivity contribution is 0.0977. The molecular weight excluding hydrogens is 412 g/mol. The van der Waals surface area contributed by atoms with Crippen LogP contribution in [0.2, 0.25) is 0 Å². The Labute approximate surface area is 167 Å². The van der Waals surface area contributed by atoms with Crippen LogP contribution in [0.3, 0.4) is 0 Å². The maximum Gasteiger partial charge on any atom is 0.257 e. The Morgan fingerprint density at radius 1 is 1.04 bits per heavy atom. The van der Waals surface area contributed by atoms with Crippen LogP contribution in [-0.2, 0) is 0 Å². The van der Waals surface area contributed by atoms with Gasteiger partial charge in [-0.2, -0.15) is 0 Å². The third-order valence-corrected chi connectivity index (χ3v) is 5.06. The standard InChI is InChI=1S/C19H21BrN4OS/c1-23-10-12-24(13-11-23)17-5-3-2-4-16(17)21-19(26)22-18(25)14-6-8-15(20)9-7-14/h2-9H,10-13H2,1H3,(H2,21,22,25,26). The highest BCUT2D eigenvalue weighted by Crippen LogP contribution is 2.26. The second kappa shape index (κ2) is 8.62. The minimum absolute atomic E-state index is 0.230. The number of likely N-dealkylation sites (N-methyl/N-ethyl adjacent to an activating group) is 1. The van der Waals surface area contributed by atoms with E-state index < -0.39 is 0 Å². The van der Waals surface area contributed by atoms with Gasteiger partial charge in [0.2, 0.25) is 0 Å². The van der Waals surface area contributed by atoms with Crippen LogP contribution < -0.4 is 15.5 Å².